The molecular weight excluding hydrogens is 282 g/mol. The van der Waals surface area contributed by atoms with Gasteiger partial charge in [-0.15, -0.1) is 0 Å². The lowest BCUT2D eigenvalue weighted by Gasteiger charge is -2.24. The topological polar surface area (TPSA) is 84.7 Å². The predicted octanol–water partition coefficient (Wildman–Crippen LogP) is 0.765. The maximum Gasteiger partial charge on any atom is 0.248 e. The Hall–Kier alpha value is -2.08. The van der Waals surface area contributed by atoms with Crippen molar-refractivity contribution in [2.24, 2.45) is 5.73 Å². The lowest BCUT2D eigenvalue weighted by atomic mass is 10.2. The first-order valence-electron chi connectivity index (χ1n) is 7.58. The highest BCUT2D eigenvalue weighted by atomic mass is 16.5. The van der Waals surface area contributed by atoms with Crippen molar-refractivity contribution >= 4 is 11.8 Å². The van der Waals surface area contributed by atoms with E-state index >= 15 is 0 Å². The van der Waals surface area contributed by atoms with Gasteiger partial charge in [-0.2, -0.15) is 0 Å². The Labute approximate surface area is 130 Å². The van der Waals surface area contributed by atoms with Crippen LogP contribution in [-0.2, 0) is 4.79 Å². The minimum Gasteiger partial charge on any atom is -0.493 e. The van der Waals surface area contributed by atoms with Crippen molar-refractivity contribution in [1.29, 1.82) is 0 Å². The number of carbonyl (C=O) groups is 2. The van der Waals surface area contributed by atoms with E-state index in [2.05, 4.69) is 5.32 Å². The Balaban J connectivity index is 1.82. The first-order valence-corrected chi connectivity index (χ1v) is 7.58. The lowest BCUT2D eigenvalue weighted by Crippen LogP contribution is -2.41. The molecule has 0 aromatic heterocycles. The molecule has 1 unspecified atom stereocenters. The third kappa shape index (κ3) is 4.21. The molecule has 1 aromatic carbocycles. The summed E-state index contributed by atoms with van der Waals surface area (Å²) in [5.41, 5.74) is 5.63. The second-order valence-electron chi connectivity index (χ2n) is 5.43. The van der Waals surface area contributed by atoms with Gasteiger partial charge in [0.1, 0.15) is 5.75 Å². The molecule has 1 aliphatic rings. The molecule has 22 heavy (non-hydrogen) atoms. The quantitative estimate of drug-likeness (QED) is 0.779. The fraction of sp³-hybridized carbons (Fsp3) is 0.500. The first-order chi connectivity index (χ1) is 10.6. The van der Waals surface area contributed by atoms with Crippen LogP contribution in [0.4, 0.5) is 0 Å². The Morgan fingerprint density at radius 1 is 1.45 bits per heavy atom. The first kappa shape index (κ1) is 16.3. The van der Waals surface area contributed by atoms with Gasteiger partial charge in [0.05, 0.1) is 13.0 Å². The molecule has 6 heteroatoms. The molecule has 6 nitrogen and oxygen atoms in total. The van der Waals surface area contributed by atoms with Crippen LogP contribution in [0.25, 0.3) is 0 Å². The third-order valence-electron chi connectivity index (χ3n) is 3.84. The summed E-state index contributed by atoms with van der Waals surface area (Å²) in [6.45, 7) is 1.94. The van der Waals surface area contributed by atoms with E-state index in [1.165, 1.54) is 0 Å². The number of carbonyl (C=O) groups excluding carboxylic acids is 2. The Morgan fingerprint density at radius 3 is 3.00 bits per heavy atom. The van der Waals surface area contributed by atoms with Crippen LogP contribution in [0.1, 0.15) is 29.6 Å². The number of likely N-dealkylation sites (N-methyl/N-ethyl adjacent to an activating group) is 1. The van der Waals surface area contributed by atoms with E-state index in [0.29, 0.717) is 24.3 Å². The number of ether oxygens (including phenoxy) is 1. The zero-order chi connectivity index (χ0) is 15.9. The number of nitrogens with one attached hydrogen (secondary N) is 1. The molecule has 120 valence electrons. The van der Waals surface area contributed by atoms with Crippen LogP contribution in [0.5, 0.6) is 5.75 Å². The summed E-state index contributed by atoms with van der Waals surface area (Å²) in [5, 5.41) is 3.12. The number of benzene rings is 1. The van der Waals surface area contributed by atoms with Crippen LogP contribution in [-0.4, -0.2) is 49.5 Å². The van der Waals surface area contributed by atoms with E-state index in [0.717, 1.165) is 25.9 Å². The SMILES string of the molecule is CNCC1CCCN1C(=O)CCOc1cccc(C(N)=O)c1. The van der Waals surface area contributed by atoms with Crippen LogP contribution < -0.4 is 15.8 Å². The van der Waals surface area contributed by atoms with E-state index in [1.54, 1.807) is 24.3 Å². The number of hydrogen-bond acceptors (Lipinski definition) is 4. The summed E-state index contributed by atoms with van der Waals surface area (Å²) >= 11 is 0. The molecule has 2 amide bonds. The standard InChI is InChI=1S/C16H23N3O3/c1-18-11-13-5-3-8-19(13)15(20)7-9-22-14-6-2-4-12(10-14)16(17)21/h2,4,6,10,13,18H,3,5,7-9,11H2,1H3,(H2,17,21). The van der Waals surface area contributed by atoms with Gasteiger partial charge in [-0.1, -0.05) is 6.07 Å². The molecule has 0 bridgehead atoms. The molecule has 2 rings (SSSR count). The monoisotopic (exact) mass is 305 g/mol. The number of primary amides is 1. The number of rotatable bonds is 7. The molecule has 1 saturated heterocycles. The minimum atomic E-state index is -0.492. The van der Waals surface area contributed by atoms with Gasteiger partial charge in [-0.05, 0) is 38.1 Å². The highest BCUT2D eigenvalue weighted by Crippen LogP contribution is 2.18. The van der Waals surface area contributed by atoms with Gasteiger partial charge in [-0.25, -0.2) is 0 Å². The summed E-state index contributed by atoms with van der Waals surface area (Å²) in [4.78, 5) is 25.3. The molecule has 1 aliphatic heterocycles. The molecule has 1 fully saturated rings. The minimum absolute atomic E-state index is 0.115. The van der Waals surface area contributed by atoms with Gasteiger partial charge < -0.3 is 20.7 Å². The lowest BCUT2D eigenvalue weighted by molar-refractivity contribution is -0.132. The number of nitrogens with two attached hydrogens (primary N) is 1. The zero-order valence-corrected chi connectivity index (χ0v) is 12.9. The van der Waals surface area contributed by atoms with Gasteiger partial charge in [0.15, 0.2) is 0 Å². The summed E-state index contributed by atoms with van der Waals surface area (Å²) in [7, 11) is 1.90. The molecule has 1 heterocycles. The van der Waals surface area contributed by atoms with Crippen molar-refractivity contribution in [3.8, 4) is 5.75 Å². The number of hydrogen-bond donors (Lipinski definition) is 2. The highest BCUT2D eigenvalue weighted by molar-refractivity contribution is 5.93. The van der Waals surface area contributed by atoms with Gasteiger partial charge >= 0.3 is 0 Å². The summed E-state index contributed by atoms with van der Waals surface area (Å²) in [5.74, 6) is 0.176. The molecule has 0 radical (unpaired) electrons. The Kier molecular flexibility index (Phi) is 5.77. The summed E-state index contributed by atoms with van der Waals surface area (Å²) in [6.07, 6.45) is 2.44. The summed E-state index contributed by atoms with van der Waals surface area (Å²) in [6, 6.07) is 6.96. The Bertz CT molecular complexity index is 533. The van der Waals surface area contributed by atoms with Gasteiger partial charge in [-0.3, -0.25) is 9.59 Å². The zero-order valence-electron chi connectivity index (χ0n) is 12.9. The third-order valence-corrected chi connectivity index (χ3v) is 3.84. The molecule has 0 aliphatic carbocycles. The van der Waals surface area contributed by atoms with E-state index in [1.807, 2.05) is 11.9 Å². The summed E-state index contributed by atoms with van der Waals surface area (Å²) < 4.78 is 5.55. The highest BCUT2D eigenvalue weighted by Gasteiger charge is 2.27. The van der Waals surface area contributed by atoms with Crippen LogP contribution in [0.3, 0.4) is 0 Å². The molecule has 1 aromatic rings. The molecule has 3 N–H and O–H groups in total. The van der Waals surface area contributed by atoms with Gasteiger partial charge in [0.2, 0.25) is 11.8 Å². The average molecular weight is 305 g/mol. The maximum absolute atomic E-state index is 12.2. The van der Waals surface area contributed by atoms with E-state index in [9.17, 15) is 9.59 Å². The number of amides is 2. The van der Waals surface area contributed by atoms with Crippen LogP contribution in [0.15, 0.2) is 24.3 Å². The van der Waals surface area contributed by atoms with E-state index in [4.69, 9.17) is 10.5 Å². The molecular formula is C16H23N3O3. The van der Waals surface area contributed by atoms with Crippen molar-refractivity contribution in [3.05, 3.63) is 29.8 Å². The van der Waals surface area contributed by atoms with E-state index in [-0.39, 0.29) is 11.9 Å². The van der Waals surface area contributed by atoms with Gasteiger partial charge in [0, 0.05) is 24.7 Å². The Morgan fingerprint density at radius 2 is 2.27 bits per heavy atom. The largest absolute Gasteiger partial charge is 0.493 e. The second kappa shape index (κ2) is 7.79. The van der Waals surface area contributed by atoms with Crippen molar-refractivity contribution in [2.45, 2.75) is 25.3 Å². The van der Waals surface area contributed by atoms with Crippen LogP contribution in [0.2, 0.25) is 0 Å². The van der Waals surface area contributed by atoms with Crippen molar-refractivity contribution in [2.75, 3.05) is 26.7 Å². The normalized spacial score (nSPS) is 17.5. The molecule has 0 spiro atoms. The van der Waals surface area contributed by atoms with Crippen LogP contribution >= 0.6 is 0 Å². The average Bonchev–Trinajstić information content (AvgIpc) is 2.96. The number of likely N-dealkylation sites (tertiary alicyclic amines) is 1. The van der Waals surface area contributed by atoms with Crippen molar-refractivity contribution < 1.29 is 14.3 Å². The fourth-order valence-electron chi connectivity index (χ4n) is 2.75. The second-order valence-corrected chi connectivity index (χ2v) is 5.43. The van der Waals surface area contributed by atoms with Crippen LogP contribution in [0, 0.1) is 0 Å². The smallest absolute Gasteiger partial charge is 0.248 e. The van der Waals surface area contributed by atoms with E-state index < -0.39 is 5.91 Å². The number of nitrogens with zero attached hydrogens (tertiary/aromatic N) is 1. The predicted molar refractivity (Wildman–Crippen MR) is 83.7 cm³/mol. The molecule has 1 atom stereocenters. The van der Waals surface area contributed by atoms with Crippen molar-refractivity contribution in [1.82, 2.24) is 10.2 Å². The van der Waals surface area contributed by atoms with Crippen molar-refractivity contribution in [3.63, 3.8) is 0 Å². The maximum atomic E-state index is 12.2. The molecule has 0 saturated carbocycles. The van der Waals surface area contributed by atoms with Gasteiger partial charge in [0.25, 0.3) is 0 Å². The fourth-order valence-corrected chi connectivity index (χ4v) is 2.75.